The summed E-state index contributed by atoms with van der Waals surface area (Å²) < 4.78 is 1.00. The number of benzene rings is 3. The number of carbonyl (C=O) groups is 1. The molecule has 0 unspecified atom stereocenters. The van der Waals surface area contributed by atoms with Crippen LogP contribution < -0.4 is 5.32 Å². The van der Waals surface area contributed by atoms with E-state index < -0.39 is 0 Å². The van der Waals surface area contributed by atoms with Crippen LogP contribution in [0.1, 0.15) is 15.9 Å². The van der Waals surface area contributed by atoms with Crippen LogP contribution in [-0.4, -0.2) is 15.9 Å². The molecule has 1 amide bonds. The second-order valence-corrected chi connectivity index (χ2v) is 7.98. The highest BCUT2D eigenvalue weighted by Crippen LogP contribution is 2.30. The lowest BCUT2D eigenvalue weighted by Gasteiger charge is -2.11. The first kappa shape index (κ1) is 18.7. The van der Waals surface area contributed by atoms with Gasteiger partial charge < -0.3 is 5.32 Å². The molecule has 28 heavy (non-hydrogen) atoms. The van der Waals surface area contributed by atoms with Crippen LogP contribution >= 0.6 is 27.7 Å². The quantitative estimate of drug-likeness (QED) is 0.383. The van der Waals surface area contributed by atoms with E-state index in [1.807, 2.05) is 60.7 Å². The predicted molar refractivity (Wildman–Crippen MR) is 118 cm³/mol. The van der Waals surface area contributed by atoms with Crippen molar-refractivity contribution >= 4 is 50.1 Å². The maximum Gasteiger partial charge on any atom is 0.255 e. The Hall–Kier alpha value is -2.70. The molecule has 0 spiro atoms. The minimum Gasteiger partial charge on any atom is -0.321 e. The molecule has 0 saturated carbocycles. The van der Waals surface area contributed by atoms with Crippen molar-refractivity contribution in [2.75, 3.05) is 5.32 Å². The number of halogens is 1. The molecule has 0 fully saturated rings. The molecular weight excluding hydrogens is 434 g/mol. The molecular formula is C22H16BrN3OS. The SMILES string of the molecule is O=C(Nc1ccc(Br)c2ccccc12)c1cccc(CSc2cnccn2)c1. The highest BCUT2D eigenvalue weighted by molar-refractivity contribution is 9.10. The highest BCUT2D eigenvalue weighted by atomic mass is 79.9. The van der Waals surface area contributed by atoms with Gasteiger partial charge in [-0.3, -0.25) is 9.78 Å². The van der Waals surface area contributed by atoms with E-state index in [2.05, 4.69) is 31.2 Å². The molecule has 0 radical (unpaired) electrons. The Bertz CT molecular complexity index is 1130. The number of aromatic nitrogens is 2. The fourth-order valence-electron chi connectivity index (χ4n) is 2.89. The molecule has 138 valence electrons. The van der Waals surface area contributed by atoms with E-state index in [-0.39, 0.29) is 5.91 Å². The summed E-state index contributed by atoms with van der Waals surface area (Å²) in [5.74, 6) is 0.597. The first-order chi connectivity index (χ1) is 13.7. The minimum absolute atomic E-state index is 0.126. The van der Waals surface area contributed by atoms with E-state index in [0.717, 1.165) is 37.3 Å². The number of anilines is 1. The lowest BCUT2D eigenvalue weighted by Crippen LogP contribution is -2.12. The molecule has 1 aromatic heterocycles. The summed E-state index contributed by atoms with van der Waals surface area (Å²) in [5.41, 5.74) is 2.48. The molecule has 0 atom stereocenters. The van der Waals surface area contributed by atoms with Gasteiger partial charge in [-0.1, -0.05) is 52.3 Å². The van der Waals surface area contributed by atoms with Crippen molar-refractivity contribution in [2.45, 2.75) is 10.8 Å². The summed E-state index contributed by atoms with van der Waals surface area (Å²) in [6.45, 7) is 0. The van der Waals surface area contributed by atoms with Crippen molar-refractivity contribution < 1.29 is 4.79 Å². The molecule has 0 bridgehead atoms. The number of hydrogen-bond donors (Lipinski definition) is 1. The fraction of sp³-hybridized carbons (Fsp3) is 0.0455. The van der Waals surface area contributed by atoms with Gasteiger partial charge in [-0.25, -0.2) is 4.98 Å². The first-order valence-corrected chi connectivity index (χ1v) is 10.4. The van der Waals surface area contributed by atoms with E-state index in [1.54, 1.807) is 30.4 Å². The fourth-order valence-corrected chi connectivity index (χ4v) is 4.13. The van der Waals surface area contributed by atoms with Crippen LogP contribution in [0, 0.1) is 0 Å². The predicted octanol–water partition coefficient (Wildman–Crippen LogP) is 5.94. The van der Waals surface area contributed by atoms with Crippen molar-refractivity contribution in [1.29, 1.82) is 0 Å². The molecule has 3 aromatic carbocycles. The summed E-state index contributed by atoms with van der Waals surface area (Å²) >= 11 is 5.15. The Labute approximate surface area is 175 Å². The standard InChI is InChI=1S/C22H16BrN3OS/c23-19-8-9-20(18-7-2-1-6-17(18)19)26-22(27)16-5-3-4-15(12-16)14-28-21-13-24-10-11-25-21/h1-13H,14H2,(H,26,27). The summed E-state index contributed by atoms with van der Waals surface area (Å²) in [7, 11) is 0. The third kappa shape index (κ3) is 4.24. The third-order valence-corrected chi connectivity index (χ3v) is 5.91. The van der Waals surface area contributed by atoms with E-state index in [9.17, 15) is 4.79 Å². The maximum atomic E-state index is 12.8. The number of nitrogens with one attached hydrogen (secondary N) is 1. The van der Waals surface area contributed by atoms with Crippen molar-refractivity contribution in [2.24, 2.45) is 0 Å². The van der Waals surface area contributed by atoms with Crippen molar-refractivity contribution in [3.8, 4) is 0 Å². The first-order valence-electron chi connectivity index (χ1n) is 8.67. The molecule has 4 nitrogen and oxygen atoms in total. The molecule has 1 heterocycles. The van der Waals surface area contributed by atoms with Crippen LogP contribution in [0.4, 0.5) is 5.69 Å². The Morgan fingerprint density at radius 1 is 1.00 bits per heavy atom. The van der Waals surface area contributed by atoms with Gasteiger partial charge >= 0.3 is 0 Å². The van der Waals surface area contributed by atoms with Gasteiger partial charge in [0.25, 0.3) is 5.91 Å². The number of rotatable bonds is 5. The highest BCUT2D eigenvalue weighted by Gasteiger charge is 2.10. The number of amides is 1. The van der Waals surface area contributed by atoms with Gasteiger partial charge in [0.1, 0.15) is 5.03 Å². The largest absolute Gasteiger partial charge is 0.321 e. The Kier molecular flexibility index (Phi) is 5.69. The van der Waals surface area contributed by atoms with E-state index >= 15 is 0 Å². The number of thioether (sulfide) groups is 1. The van der Waals surface area contributed by atoms with Gasteiger partial charge in [-0.15, -0.1) is 11.8 Å². The minimum atomic E-state index is -0.126. The average Bonchev–Trinajstić information content (AvgIpc) is 2.75. The lowest BCUT2D eigenvalue weighted by atomic mass is 10.1. The Morgan fingerprint density at radius 3 is 2.68 bits per heavy atom. The maximum absolute atomic E-state index is 12.8. The number of carbonyl (C=O) groups excluding carboxylic acids is 1. The number of fused-ring (bicyclic) bond motifs is 1. The zero-order valence-corrected chi connectivity index (χ0v) is 17.2. The van der Waals surface area contributed by atoms with Crippen molar-refractivity contribution in [1.82, 2.24) is 9.97 Å². The molecule has 0 aliphatic carbocycles. The van der Waals surface area contributed by atoms with Crippen LogP contribution in [0.5, 0.6) is 0 Å². The van der Waals surface area contributed by atoms with Crippen LogP contribution in [0.2, 0.25) is 0 Å². The van der Waals surface area contributed by atoms with E-state index in [0.29, 0.717) is 5.56 Å². The van der Waals surface area contributed by atoms with Crippen molar-refractivity contribution in [3.05, 3.63) is 94.9 Å². The zero-order valence-electron chi connectivity index (χ0n) is 14.8. The Balaban J connectivity index is 1.52. The van der Waals surface area contributed by atoms with E-state index in [4.69, 9.17) is 0 Å². The van der Waals surface area contributed by atoms with Crippen molar-refractivity contribution in [3.63, 3.8) is 0 Å². The van der Waals surface area contributed by atoms with Crippen LogP contribution in [-0.2, 0) is 5.75 Å². The van der Waals surface area contributed by atoms with Crippen LogP contribution in [0.15, 0.2) is 88.8 Å². The van der Waals surface area contributed by atoms with E-state index in [1.165, 1.54) is 0 Å². The topological polar surface area (TPSA) is 54.9 Å². The van der Waals surface area contributed by atoms with Gasteiger partial charge in [-0.2, -0.15) is 0 Å². The summed E-state index contributed by atoms with van der Waals surface area (Å²) in [6.07, 6.45) is 5.06. The average molecular weight is 450 g/mol. The van der Waals surface area contributed by atoms with Gasteiger partial charge in [0.05, 0.1) is 6.20 Å². The van der Waals surface area contributed by atoms with Gasteiger partial charge in [0.2, 0.25) is 0 Å². The van der Waals surface area contributed by atoms with Crippen LogP contribution in [0.25, 0.3) is 10.8 Å². The summed E-state index contributed by atoms with van der Waals surface area (Å²) in [5, 5.41) is 5.96. The second kappa shape index (κ2) is 8.54. The zero-order chi connectivity index (χ0) is 19.3. The Morgan fingerprint density at radius 2 is 1.86 bits per heavy atom. The number of hydrogen-bond acceptors (Lipinski definition) is 4. The molecule has 4 rings (SSSR count). The van der Waals surface area contributed by atoms with Gasteiger partial charge in [0, 0.05) is 39.3 Å². The molecule has 0 saturated heterocycles. The molecule has 4 aromatic rings. The van der Waals surface area contributed by atoms with Crippen LogP contribution in [0.3, 0.4) is 0 Å². The summed E-state index contributed by atoms with van der Waals surface area (Å²) in [6, 6.07) is 19.5. The normalized spacial score (nSPS) is 10.8. The lowest BCUT2D eigenvalue weighted by molar-refractivity contribution is 0.102. The number of nitrogens with zero attached hydrogens (tertiary/aromatic N) is 2. The smallest absolute Gasteiger partial charge is 0.255 e. The monoisotopic (exact) mass is 449 g/mol. The van der Waals surface area contributed by atoms with Gasteiger partial charge in [0.15, 0.2) is 0 Å². The molecule has 0 aliphatic rings. The molecule has 1 N–H and O–H groups in total. The molecule has 6 heteroatoms. The molecule has 0 aliphatic heterocycles. The van der Waals surface area contributed by atoms with Gasteiger partial charge in [-0.05, 0) is 35.2 Å². The second-order valence-electron chi connectivity index (χ2n) is 6.13. The summed E-state index contributed by atoms with van der Waals surface area (Å²) in [4.78, 5) is 21.1. The third-order valence-electron chi connectivity index (χ3n) is 4.23.